The van der Waals surface area contributed by atoms with Crippen molar-refractivity contribution in [1.29, 1.82) is 0 Å². The summed E-state index contributed by atoms with van der Waals surface area (Å²) in [6.45, 7) is 0. The second-order valence-electron chi connectivity index (χ2n) is 18.0. The Bertz CT molecular complexity index is 3860. The molecule has 0 fully saturated rings. The maximum absolute atomic E-state index is 7.16. The largest absolute Gasteiger partial charge is 0.455 e. The van der Waals surface area contributed by atoms with E-state index in [1.54, 1.807) is 0 Å². The van der Waals surface area contributed by atoms with E-state index in [1.807, 2.05) is 60.7 Å². The van der Waals surface area contributed by atoms with E-state index in [-0.39, 0.29) is 0 Å². The van der Waals surface area contributed by atoms with Gasteiger partial charge in [-0.05, 0) is 121 Å². The van der Waals surface area contributed by atoms with Gasteiger partial charge in [-0.25, -0.2) is 0 Å². The third kappa shape index (κ3) is 6.96. The topological polar surface area (TPSA) is 59.0 Å². The third-order valence-electron chi connectivity index (χ3n) is 13.7. The van der Waals surface area contributed by atoms with Gasteiger partial charge in [-0.1, -0.05) is 133 Å². The minimum atomic E-state index is 0.676. The van der Waals surface area contributed by atoms with Crippen molar-refractivity contribution in [3.8, 4) is 45.3 Å². The summed E-state index contributed by atoms with van der Waals surface area (Å²) in [5.74, 6) is 2.94. The number of hydrogen-bond donors (Lipinski definition) is 0. The Hall–Kier alpha value is -9.78. The molecule has 0 unspecified atom stereocenters. The normalized spacial score (nSPS) is 11.6. The van der Waals surface area contributed by atoms with Crippen molar-refractivity contribution in [3.05, 3.63) is 255 Å². The molecule has 0 atom stereocenters. The predicted octanol–water partition coefficient (Wildman–Crippen LogP) is 19.4. The number of anilines is 6. The molecule has 0 aliphatic rings. The Morgan fingerprint density at radius 3 is 0.778 bits per heavy atom. The van der Waals surface area contributed by atoms with Crippen molar-refractivity contribution in [3.63, 3.8) is 0 Å². The van der Waals surface area contributed by atoms with Gasteiger partial charge in [-0.2, -0.15) is 0 Å². The average Bonchev–Trinajstić information content (AvgIpc) is 4.29. The average molecular weight is 927 g/mol. The summed E-state index contributed by atoms with van der Waals surface area (Å²) >= 11 is 0. The smallest absolute Gasteiger partial charge is 0.150 e. The van der Waals surface area contributed by atoms with Crippen molar-refractivity contribution in [2.24, 2.45) is 0 Å². The molecule has 0 spiro atoms. The summed E-state index contributed by atoms with van der Waals surface area (Å²) in [4.78, 5) is 4.52. The van der Waals surface area contributed by atoms with Gasteiger partial charge in [0, 0.05) is 72.5 Å². The Morgan fingerprint density at radius 2 is 0.458 bits per heavy atom. The highest BCUT2D eigenvalue weighted by Crippen LogP contribution is 2.51. The van der Waals surface area contributed by atoms with E-state index < -0.39 is 0 Å². The first-order valence-corrected chi connectivity index (χ1v) is 24.1. The maximum Gasteiger partial charge on any atom is 0.150 e. The van der Waals surface area contributed by atoms with E-state index in [9.17, 15) is 0 Å². The van der Waals surface area contributed by atoms with E-state index in [4.69, 9.17) is 17.7 Å². The summed E-state index contributed by atoms with van der Waals surface area (Å²) in [5, 5.41) is 5.37. The molecule has 6 heteroatoms. The lowest BCUT2D eigenvalue weighted by atomic mass is 9.97. The first-order chi connectivity index (χ1) is 35.7. The van der Waals surface area contributed by atoms with Gasteiger partial charge in [-0.15, -0.1) is 0 Å². The van der Waals surface area contributed by atoms with Gasteiger partial charge >= 0.3 is 0 Å². The van der Waals surface area contributed by atoms with Crippen LogP contribution in [0.4, 0.5) is 34.1 Å². The first kappa shape index (κ1) is 41.2. The second kappa shape index (κ2) is 17.0. The lowest BCUT2D eigenvalue weighted by molar-refractivity contribution is 0.623. The molecule has 0 aliphatic carbocycles. The highest BCUT2D eigenvalue weighted by molar-refractivity contribution is 6.37. The van der Waals surface area contributed by atoms with Crippen LogP contribution in [0.5, 0.6) is 0 Å². The summed E-state index contributed by atoms with van der Waals surface area (Å²) in [5.41, 5.74) is 13.0. The molecule has 340 valence electrons. The first-order valence-electron chi connectivity index (χ1n) is 24.1. The SMILES string of the molecule is c1ccc(-c2cc3c(o2)c2cc(-c4ccc(N(c5ccccc5)c5ccccc5)cc4)oc2c2c4oc(-c5ccccc5)cc4c4oc(-c5ccc(N(c6ccccc6)c6ccccc6)cc5)cc4c32)cc1. The number of fused-ring (bicyclic) bond motifs is 11. The van der Waals surface area contributed by atoms with Crippen molar-refractivity contribution < 1.29 is 17.7 Å². The van der Waals surface area contributed by atoms with Gasteiger partial charge in [0.15, 0.2) is 0 Å². The Morgan fingerprint density at radius 1 is 0.208 bits per heavy atom. The zero-order valence-corrected chi connectivity index (χ0v) is 38.8. The molecule has 0 saturated heterocycles. The van der Waals surface area contributed by atoms with Crippen LogP contribution in [-0.4, -0.2) is 0 Å². The monoisotopic (exact) mass is 926 g/mol. The summed E-state index contributed by atoms with van der Waals surface area (Å²) in [6.07, 6.45) is 0. The Balaban J connectivity index is 0.982. The fourth-order valence-electron chi connectivity index (χ4n) is 10.3. The van der Waals surface area contributed by atoms with Gasteiger partial charge < -0.3 is 27.5 Å². The van der Waals surface area contributed by atoms with Crippen LogP contribution in [0, 0.1) is 0 Å². The highest BCUT2D eigenvalue weighted by Gasteiger charge is 2.28. The zero-order valence-electron chi connectivity index (χ0n) is 38.8. The van der Waals surface area contributed by atoms with Gasteiger partial charge in [-0.3, -0.25) is 0 Å². The fraction of sp³-hybridized carbons (Fsp3) is 0. The van der Waals surface area contributed by atoms with Crippen LogP contribution >= 0.6 is 0 Å². The van der Waals surface area contributed by atoms with Crippen molar-refractivity contribution in [1.82, 2.24) is 0 Å². The van der Waals surface area contributed by atoms with E-state index >= 15 is 0 Å². The van der Waals surface area contributed by atoms with Crippen LogP contribution in [0.2, 0.25) is 0 Å². The molecule has 0 saturated carbocycles. The van der Waals surface area contributed by atoms with Gasteiger partial charge in [0.25, 0.3) is 0 Å². The minimum absolute atomic E-state index is 0.676. The van der Waals surface area contributed by atoms with Crippen molar-refractivity contribution in [2.75, 3.05) is 9.80 Å². The van der Waals surface area contributed by atoms with E-state index in [0.29, 0.717) is 16.9 Å². The van der Waals surface area contributed by atoms with E-state index in [0.717, 1.165) is 117 Å². The molecule has 14 rings (SSSR count). The lowest BCUT2D eigenvalue weighted by Gasteiger charge is -2.25. The van der Waals surface area contributed by atoms with Crippen LogP contribution in [-0.2, 0) is 0 Å². The molecular formula is C66H42N2O4. The third-order valence-corrected chi connectivity index (χ3v) is 13.7. The van der Waals surface area contributed by atoms with Crippen LogP contribution in [0.1, 0.15) is 0 Å². The van der Waals surface area contributed by atoms with Gasteiger partial charge in [0.05, 0.1) is 16.2 Å². The number of hydrogen-bond acceptors (Lipinski definition) is 6. The molecule has 0 amide bonds. The fourth-order valence-corrected chi connectivity index (χ4v) is 10.3. The number of benzene rings is 10. The molecular weight excluding hydrogens is 885 g/mol. The lowest BCUT2D eigenvalue weighted by Crippen LogP contribution is -2.09. The van der Waals surface area contributed by atoms with Crippen molar-refractivity contribution in [2.45, 2.75) is 0 Å². The Labute approximate surface area is 414 Å². The number of rotatable bonds is 10. The number of nitrogens with zero attached hydrogens (tertiary/aromatic N) is 2. The van der Waals surface area contributed by atoms with Crippen LogP contribution in [0.3, 0.4) is 0 Å². The Kier molecular flexibility index (Phi) is 9.74. The molecule has 14 aromatic rings. The predicted molar refractivity (Wildman–Crippen MR) is 294 cm³/mol. The van der Waals surface area contributed by atoms with Crippen LogP contribution in [0.15, 0.2) is 272 Å². The molecule has 6 nitrogen and oxygen atoms in total. The summed E-state index contributed by atoms with van der Waals surface area (Å²) < 4.78 is 28.3. The maximum atomic E-state index is 7.16. The van der Waals surface area contributed by atoms with Crippen LogP contribution < -0.4 is 9.80 Å². The van der Waals surface area contributed by atoms with Crippen LogP contribution in [0.25, 0.3) is 99.9 Å². The summed E-state index contributed by atoms with van der Waals surface area (Å²) in [7, 11) is 0. The molecule has 0 bridgehead atoms. The molecule has 0 N–H and O–H groups in total. The standard InChI is InChI=1S/C66H42N2O4/c1-7-19-43(20-8-1)57-39-53-61-54-40-58(45-31-35-51(36-32-45)67(47-23-11-3-12-24-47)48-25-13-4-14-26-48)70-64(54)55-41-59(44-21-9-2-10-22-44)71-65(55)62(61)66-56(63(53)69-57)42-60(72-66)46-33-37-52(38-34-46)68(49-27-15-5-16-28-49)50-29-17-6-18-30-50/h1-42H. The molecule has 4 heterocycles. The van der Waals surface area contributed by atoms with Gasteiger partial charge in [0.2, 0.25) is 0 Å². The molecule has 72 heavy (non-hydrogen) atoms. The van der Waals surface area contributed by atoms with Gasteiger partial charge in [0.1, 0.15) is 45.4 Å². The molecule has 0 aliphatic heterocycles. The molecule has 0 radical (unpaired) electrons. The van der Waals surface area contributed by atoms with E-state index in [1.165, 1.54) is 0 Å². The zero-order chi connectivity index (χ0) is 47.5. The summed E-state index contributed by atoms with van der Waals surface area (Å²) in [6, 6.07) is 87.9. The van der Waals surface area contributed by atoms with Crippen molar-refractivity contribution >= 4 is 88.8 Å². The quantitative estimate of drug-likeness (QED) is 0.136. The minimum Gasteiger partial charge on any atom is -0.455 e. The second-order valence-corrected chi connectivity index (χ2v) is 18.0. The highest BCUT2D eigenvalue weighted by atomic mass is 16.4. The van der Waals surface area contributed by atoms with E-state index in [2.05, 4.69) is 204 Å². The number of furan rings is 4. The molecule has 10 aromatic carbocycles. The number of para-hydroxylation sites is 4. The molecule has 4 aromatic heterocycles.